The molecule has 2 aliphatic rings. The number of rotatable bonds is 8. The van der Waals surface area contributed by atoms with Gasteiger partial charge >= 0.3 is 24.1 Å². The van der Waals surface area contributed by atoms with Crippen molar-refractivity contribution in [1.82, 2.24) is 4.90 Å². The molecule has 0 aromatic heterocycles. The summed E-state index contributed by atoms with van der Waals surface area (Å²) >= 11 is 0. The monoisotopic (exact) mass is 445 g/mol. The predicted molar refractivity (Wildman–Crippen MR) is 84.2 cm³/mol. The topological polar surface area (TPSA) is 21.7 Å². The van der Waals surface area contributed by atoms with Crippen molar-refractivity contribution in [3.05, 3.63) is 0 Å². The molecule has 1 saturated carbocycles. The molecule has 0 N–H and O–H groups in total. The molecule has 0 aromatic carbocycles. The molecule has 0 spiro atoms. The summed E-state index contributed by atoms with van der Waals surface area (Å²) in [6, 6.07) is 0. The highest BCUT2D eigenvalue weighted by Crippen LogP contribution is 2.55. The summed E-state index contributed by atoms with van der Waals surface area (Å²) in [5.41, 5.74) is -6.16. The first-order valence-corrected chi connectivity index (χ1v) is 9.32. The molecule has 0 atom stereocenters. The summed E-state index contributed by atoms with van der Waals surface area (Å²) in [6.45, 7) is 3.19. The van der Waals surface area contributed by atoms with E-state index in [1.165, 1.54) is 0 Å². The SMILES string of the molecule is CCOCC1(CN2CCC(COC(C(F)(F)F)(C(F)(F)F)C(F)(F)F)CC2)CC1. The van der Waals surface area contributed by atoms with Crippen molar-refractivity contribution in [2.24, 2.45) is 11.3 Å². The zero-order chi connectivity index (χ0) is 22.1. The first-order valence-electron chi connectivity index (χ1n) is 9.32. The molecule has 1 heterocycles. The van der Waals surface area contributed by atoms with Gasteiger partial charge in [-0.1, -0.05) is 0 Å². The van der Waals surface area contributed by atoms with Crippen LogP contribution >= 0.6 is 0 Å². The van der Waals surface area contributed by atoms with Crippen LogP contribution < -0.4 is 0 Å². The summed E-state index contributed by atoms with van der Waals surface area (Å²) in [7, 11) is 0. The third-order valence-corrected chi connectivity index (χ3v) is 5.57. The molecular weight excluding hydrogens is 421 g/mol. The van der Waals surface area contributed by atoms with E-state index in [4.69, 9.17) is 4.74 Å². The lowest BCUT2D eigenvalue weighted by Gasteiger charge is -2.40. The lowest BCUT2D eigenvalue weighted by atomic mass is 9.95. The maximum atomic E-state index is 12.9. The van der Waals surface area contributed by atoms with E-state index in [1.54, 1.807) is 0 Å². The van der Waals surface area contributed by atoms with Crippen molar-refractivity contribution in [2.45, 2.75) is 56.7 Å². The molecule has 1 aliphatic carbocycles. The molecule has 0 aromatic rings. The first-order chi connectivity index (χ1) is 13.2. The Balaban J connectivity index is 1.95. The Kier molecular flexibility index (Phi) is 7.11. The van der Waals surface area contributed by atoms with Crippen LogP contribution in [0.25, 0.3) is 0 Å². The Labute approximate surface area is 162 Å². The Morgan fingerprint density at radius 3 is 1.72 bits per heavy atom. The Morgan fingerprint density at radius 2 is 1.34 bits per heavy atom. The maximum absolute atomic E-state index is 12.9. The second-order valence-corrected chi connectivity index (χ2v) is 7.84. The van der Waals surface area contributed by atoms with Crippen molar-refractivity contribution < 1.29 is 49.0 Å². The minimum atomic E-state index is -6.68. The third kappa shape index (κ3) is 5.30. The highest BCUT2D eigenvalue weighted by Gasteiger charge is 2.85. The molecule has 0 unspecified atom stereocenters. The summed E-state index contributed by atoms with van der Waals surface area (Å²) in [6.07, 6.45) is -17.8. The highest BCUT2D eigenvalue weighted by atomic mass is 19.4. The van der Waals surface area contributed by atoms with Gasteiger partial charge in [0.2, 0.25) is 0 Å². The normalized spacial score (nSPS) is 22.1. The molecule has 0 amide bonds. The second kappa shape index (κ2) is 8.41. The summed E-state index contributed by atoms with van der Waals surface area (Å²) in [4.78, 5) is 2.02. The Morgan fingerprint density at radius 1 is 0.862 bits per heavy atom. The molecular formula is C17H24F9NO2. The number of hydrogen-bond donors (Lipinski definition) is 0. The van der Waals surface area contributed by atoms with Crippen molar-refractivity contribution in [2.75, 3.05) is 39.5 Å². The van der Waals surface area contributed by atoms with Gasteiger partial charge in [0, 0.05) is 18.6 Å². The van der Waals surface area contributed by atoms with Gasteiger partial charge in [-0.15, -0.1) is 0 Å². The van der Waals surface area contributed by atoms with Crippen LogP contribution in [-0.2, 0) is 9.47 Å². The maximum Gasteiger partial charge on any atom is 0.435 e. The number of ether oxygens (including phenoxy) is 2. The van der Waals surface area contributed by atoms with E-state index in [9.17, 15) is 39.5 Å². The van der Waals surface area contributed by atoms with Gasteiger partial charge in [0.15, 0.2) is 0 Å². The van der Waals surface area contributed by atoms with E-state index in [-0.39, 0.29) is 18.3 Å². The smallest absolute Gasteiger partial charge is 0.381 e. The first kappa shape index (κ1) is 24.5. The Hall–Kier alpha value is -0.750. The lowest BCUT2D eigenvalue weighted by molar-refractivity contribution is -0.458. The highest BCUT2D eigenvalue weighted by molar-refractivity contribution is 5.02. The fourth-order valence-corrected chi connectivity index (χ4v) is 3.60. The van der Waals surface area contributed by atoms with Crippen molar-refractivity contribution >= 4 is 0 Å². The molecule has 2 rings (SSSR count). The second-order valence-electron chi connectivity index (χ2n) is 7.84. The van der Waals surface area contributed by atoms with Crippen molar-refractivity contribution in [3.8, 4) is 0 Å². The number of hydrogen-bond acceptors (Lipinski definition) is 3. The number of piperidine rings is 1. The zero-order valence-electron chi connectivity index (χ0n) is 15.8. The summed E-state index contributed by atoms with van der Waals surface area (Å²) in [5.74, 6) is -0.820. The molecule has 0 bridgehead atoms. The van der Waals surface area contributed by atoms with Gasteiger partial charge < -0.3 is 14.4 Å². The molecule has 0 radical (unpaired) electrons. The molecule has 29 heavy (non-hydrogen) atoms. The summed E-state index contributed by atoms with van der Waals surface area (Å²) < 4.78 is 125. The van der Waals surface area contributed by atoms with Crippen LogP contribution in [0.1, 0.15) is 32.6 Å². The largest absolute Gasteiger partial charge is 0.435 e. The van der Waals surface area contributed by atoms with E-state index < -0.39 is 36.7 Å². The van der Waals surface area contributed by atoms with Crippen LogP contribution in [0.3, 0.4) is 0 Å². The fraction of sp³-hybridized carbons (Fsp3) is 1.00. The van der Waals surface area contributed by atoms with Crippen LogP contribution in [0.5, 0.6) is 0 Å². The van der Waals surface area contributed by atoms with Gasteiger partial charge in [-0.2, -0.15) is 39.5 Å². The third-order valence-electron chi connectivity index (χ3n) is 5.57. The van der Waals surface area contributed by atoms with E-state index in [0.29, 0.717) is 32.8 Å². The zero-order valence-corrected chi connectivity index (χ0v) is 15.8. The van der Waals surface area contributed by atoms with Crippen molar-refractivity contribution in [3.63, 3.8) is 0 Å². The summed E-state index contributed by atoms with van der Waals surface area (Å²) in [5, 5.41) is 0. The van der Waals surface area contributed by atoms with Gasteiger partial charge in [0.05, 0.1) is 13.2 Å². The molecule has 172 valence electrons. The number of likely N-dealkylation sites (tertiary alicyclic amines) is 1. The van der Waals surface area contributed by atoms with Crippen LogP contribution in [-0.4, -0.2) is 68.5 Å². The lowest BCUT2D eigenvalue weighted by Crippen LogP contribution is -2.68. The van der Waals surface area contributed by atoms with Crippen molar-refractivity contribution in [1.29, 1.82) is 0 Å². The van der Waals surface area contributed by atoms with Gasteiger partial charge in [-0.3, -0.25) is 0 Å². The molecule has 1 aliphatic heterocycles. The Bertz CT molecular complexity index is 496. The molecule has 12 heteroatoms. The minimum Gasteiger partial charge on any atom is -0.381 e. The van der Waals surface area contributed by atoms with E-state index in [1.807, 2.05) is 11.8 Å². The number of nitrogens with zero attached hydrogens (tertiary/aromatic N) is 1. The van der Waals surface area contributed by atoms with Gasteiger partial charge in [-0.25, -0.2) is 0 Å². The fourth-order valence-electron chi connectivity index (χ4n) is 3.60. The average Bonchev–Trinajstić information content (AvgIpc) is 3.31. The number of alkyl halides is 9. The van der Waals surface area contributed by atoms with E-state index in [0.717, 1.165) is 12.8 Å². The number of halogens is 9. The van der Waals surface area contributed by atoms with Crippen LogP contribution in [0.2, 0.25) is 0 Å². The standard InChI is InChI=1S/C17H24F9NO2/c1-2-28-11-13(5-6-13)10-27-7-3-12(4-8-27)9-29-14(15(18,19)20,16(21,22)23)17(24,25)26/h12H,2-11H2,1H3. The average molecular weight is 445 g/mol. The van der Waals surface area contributed by atoms with Crippen LogP contribution in [0.4, 0.5) is 39.5 Å². The van der Waals surface area contributed by atoms with Gasteiger partial charge in [0.1, 0.15) is 0 Å². The molecule has 3 nitrogen and oxygen atoms in total. The minimum absolute atomic E-state index is 0.0252. The van der Waals surface area contributed by atoms with E-state index in [2.05, 4.69) is 4.74 Å². The quantitative estimate of drug-likeness (QED) is 0.493. The van der Waals surface area contributed by atoms with Crippen LogP contribution in [0.15, 0.2) is 0 Å². The molecule has 2 fully saturated rings. The van der Waals surface area contributed by atoms with Gasteiger partial charge in [-0.05, 0) is 51.6 Å². The van der Waals surface area contributed by atoms with E-state index >= 15 is 0 Å². The van der Waals surface area contributed by atoms with Gasteiger partial charge in [0.25, 0.3) is 0 Å². The van der Waals surface area contributed by atoms with Crippen LogP contribution in [0, 0.1) is 11.3 Å². The predicted octanol–water partition coefficient (Wildman–Crippen LogP) is 4.96. The molecule has 1 saturated heterocycles.